The molecule has 118 valence electrons. The van der Waals surface area contributed by atoms with Crippen molar-refractivity contribution < 1.29 is 13.9 Å². The topological polar surface area (TPSA) is 75.0 Å². The lowest BCUT2D eigenvalue weighted by atomic mass is 9.83. The van der Waals surface area contributed by atoms with Crippen LogP contribution in [-0.2, 0) is 10.2 Å². The van der Waals surface area contributed by atoms with Gasteiger partial charge in [-0.3, -0.25) is 9.78 Å². The van der Waals surface area contributed by atoms with Gasteiger partial charge in [-0.1, -0.05) is 0 Å². The highest BCUT2D eigenvalue weighted by molar-refractivity contribution is 5.99. The van der Waals surface area contributed by atoms with Crippen LogP contribution in [-0.4, -0.2) is 18.0 Å². The highest BCUT2D eigenvalue weighted by atomic mass is 19.1. The number of nitriles is 1. The van der Waals surface area contributed by atoms with Crippen molar-refractivity contribution in [2.45, 2.75) is 19.3 Å². The fourth-order valence-corrected chi connectivity index (χ4v) is 2.08. The summed E-state index contributed by atoms with van der Waals surface area (Å²) in [7, 11) is 1.49. The van der Waals surface area contributed by atoms with Crippen molar-refractivity contribution in [1.82, 2.24) is 4.98 Å². The first kappa shape index (κ1) is 16.4. The molecule has 0 bridgehead atoms. The van der Waals surface area contributed by atoms with Crippen LogP contribution in [0.25, 0.3) is 0 Å². The Morgan fingerprint density at radius 2 is 2.13 bits per heavy atom. The van der Waals surface area contributed by atoms with Gasteiger partial charge in [-0.2, -0.15) is 5.26 Å². The minimum absolute atomic E-state index is 0.167. The zero-order chi connectivity index (χ0) is 17.0. The maximum absolute atomic E-state index is 13.6. The molecule has 0 unspecified atom stereocenters. The van der Waals surface area contributed by atoms with Gasteiger partial charge < -0.3 is 10.1 Å². The first-order valence-electron chi connectivity index (χ1n) is 6.89. The number of nitrogens with zero attached hydrogens (tertiary/aromatic N) is 2. The number of hydrogen-bond acceptors (Lipinski definition) is 4. The van der Waals surface area contributed by atoms with Crippen LogP contribution in [0.15, 0.2) is 36.7 Å². The number of aromatic nitrogens is 1. The first-order chi connectivity index (χ1) is 10.9. The van der Waals surface area contributed by atoms with Gasteiger partial charge in [-0.05, 0) is 37.6 Å². The Morgan fingerprint density at radius 3 is 2.78 bits per heavy atom. The highest BCUT2D eigenvalue weighted by Gasteiger charge is 2.31. The highest BCUT2D eigenvalue weighted by Crippen LogP contribution is 2.29. The summed E-state index contributed by atoms with van der Waals surface area (Å²) >= 11 is 0. The van der Waals surface area contributed by atoms with Gasteiger partial charge in [0, 0.05) is 12.3 Å². The molecule has 0 spiro atoms. The minimum atomic E-state index is -1.05. The van der Waals surface area contributed by atoms with Crippen molar-refractivity contribution in [1.29, 1.82) is 5.26 Å². The lowest BCUT2D eigenvalue weighted by molar-refractivity contribution is -0.120. The molecule has 0 fully saturated rings. The molecule has 1 heterocycles. The number of carbonyl (C=O) groups excluding carboxylic acids is 1. The van der Waals surface area contributed by atoms with Crippen molar-refractivity contribution in [2.75, 3.05) is 12.4 Å². The number of halogens is 1. The second-order valence-corrected chi connectivity index (χ2v) is 5.50. The molecule has 0 atom stereocenters. The molecule has 0 saturated carbocycles. The summed E-state index contributed by atoms with van der Waals surface area (Å²) in [6, 6.07) is 7.39. The number of methoxy groups -OCH3 is 1. The van der Waals surface area contributed by atoms with E-state index >= 15 is 0 Å². The molecule has 0 aliphatic rings. The zero-order valence-electron chi connectivity index (χ0n) is 13.1. The summed E-state index contributed by atoms with van der Waals surface area (Å²) in [6.07, 6.45) is 3.02. The number of hydrogen-bond donors (Lipinski definition) is 1. The normalized spacial score (nSPS) is 10.7. The van der Waals surface area contributed by atoms with Crippen LogP contribution in [0.4, 0.5) is 10.1 Å². The molecule has 1 aromatic heterocycles. The maximum atomic E-state index is 13.6. The van der Waals surface area contributed by atoms with E-state index in [2.05, 4.69) is 10.3 Å². The molecule has 0 aliphatic carbocycles. The molecule has 1 amide bonds. The lowest BCUT2D eigenvalue weighted by Gasteiger charge is -2.25. The summed E-state index contributed by atoms with van der Waals surface area (Å²) in [6.45, 7) is 3.31. The number of carbonyl (C=O) groups is 1. The van der Waals surface area contributed by atoms with Gasteiger partial charge in [0.2, 0.25) is 5.91 Å². The van der Waals surface area contributed by atoms with Crippen LogP contribution in [0.1, 0.15) is 25.0 Å². The van der Waals surface area contributed by atoms with E-state index in [0.29, 0.717) is 17.0 Å². The molecular weight excluding hydrogens is 297 g/mol. The van der Waals surface area contributed by atoms with E-state index in [9.17, 15) is 9.18 Å². The third-order valence-electron chi connectivity index (χ3n) is 3.57. The number of benzene rings is 1. The van der Waals surface area contributed by atoms with Crippen LogP contribution in [0, 0.1) is 17.1 Å². The third kappa shape index (κ3) is 3.46. The molecule has 1 aromatic carbocycles. The smallest absolute Gasteiger partial charge is 0.234 e. The molecular formula is C17H16FN3O2. The van der Waals surface area contributed by atoms with Crippen molar-refractivity contribution in [2.24, 2.45) is 0 Å². The Kier molecular flexibility index (Phi) is 4.60. The van der Waals surface area contributed by atoms with Crippen LogP contribution in [0.3, 0.4) is 0 Å². The largest absolute Gasteiger partial charge is 0.494 e. The van der Waals surface area contributed by atoms with Gasteiger partial charge in [-0.15, -0.1) is 0 Å². The van der Waals surface area contributed by atoms with Gasteiger partial charge in [0.05, 0.1) is 30.4 Å². The van der Waals surface area contributed by atoms with E-state index in [0.717, 1.165) is 6.07 Å². The fraction of sp³-hybridized carbons (Fsp3) is 0.235. The van der Waals surface area contributed by atoms with Gasteiger partial charge in [0.1, 0.15) is 17.3 Å². The van der Waals surface area contributed by atoms with Gasteiger partial charge >= 0.3 is 0 Å². The van der Waals surface area contributed by atoms with Crippen LogP contribution in [0.2, 0.25) is 0 Å². The predicted octanol–water partition coefficient (Wildman–Crippen LogP) is 3.02. The standard InChI is InChI=1S/C17H16FN3O2/c1-17(2,12-6-11(9-19)7-13(18)8-12)16(22)21-14-10-20-5-4-15(14)23-3/h4-8,10H,1-3H3,(H,21,22). The molecule has 2 aromatic rings. The Morgan fingerprint density at radius 1 is 1.39 bits per heavy atom. The average molecular weight is 313 g/mol. The molecule has 23 heavy (non-hydrogen) atoms. The predicted molar refractivity (Wildman–Crippen MR) is 83.6 cm³/mol. The molecule has 1 N–H and O–H groups in total. The molecule has 2 rings (SSSR count). The van der Waals surface area contributed by atoms with Crippen molar-refractivity contribution in [3.05, 3.63) is 53.6 Å². The molecule has 5 nitrogen and oxygen atoms in total. The quantitative estimate of drug-likeness (QED) is 0.941. The third-order valence-corrected chi connectivity index (χ3v) is 3.57. The maximum Gasteiger partial charge on any atom is 0.234 e. The summed E-state index contributed by atoms with van der Waals surface area (Å²) in [5.74, 6) is -0.446. The molecule has 0 saturated heterocycles. The summed E-state index contributed by atoms with van der Waals surface area (Å²) in [4.78, 5) is 16.6. The molecule has 0 aliphatic heterocycles. The number of ether oxygens (including phenoxy) is 1. The SMILES string of the molecule is COc1ccncc1NC(=O)C(C)(C)c1cc(F)cc(C#N)c1. The Bertz CT molecular complexity index is 782. The van der Waals surface area contributed by atoms with E-state index < -0.39 is 11.2 Å². The summed E-state index contributed by atoms with van der Waals surface area (Å²) in [5, 5.41) is 11.7. The number of nitrogens with one attached hydrogen (secondary N) is 1. The minimum Gasteiger partial charge on any atom is -0.494 e. The number of rotatable bonds is 4. The van der Waals surface area contributed by atoms with Crippen LogP contribution >= 0.6 is 0 Å². The Balaban J connectivity index is 2.34. The van der Waals surface area contributed by atoms with Crippen LogP contribution < -0.4 is 10.1 Å². The van der Waals surface area contributed by atoms with Gasteiger partial charge in [-0.25, -0.2) is 4.39 Å². The van der Waals surface area contributed by atoms with Crippen molar-refractivity contribution in [3.63, 3.8) is 0 Å². The second-order valence-electron chi connectivity index (χ2n) is 5.50. The van der Waals surface area contributed by atoms with E-state index in [1.165, 1.54) is 25.4 Å². The molecule has 6 heteroatoms. The average Bonchev–Trinajstić information content (AvgIpc) is 2.54. The lowest BCUT2D eigenvalue weighted by Crippen LogP contribution is -2.35. The summed E-state index contributed by atoms with van der Waals surface area (Å²) < 4.78 is 18.8. The Labute approximate surface area is 133 Å². The van der Waals surface area contributed by atoms with E-state index in [1.807, 2.05) is 6.07 Å². The van der Waals surface area contributed by atoms with Crippen molar-refractivity contribution >= 4 is 11.6 Å². The van der Waals surface area contributed by atoms with Gasteiger partial charge in [0.15, 0.2) is 0 Å². The van der Waals surface area contributed by atoms with E-state index in [1.54, 1.807) is 26.1 Å². The number of amides is 1. The Hall–Kier alpha value is -2.94. The number of pyridine rings is 1. The van der Waals surface area contributed by atoms with Crippen molar-refractivity contribution in [3.8, 4) is 11.8 Å². The van der Waals surface area contributed by atoms with Gasteiger partial charge in [0.25, 0.3) is 0 Å². The molecule has 0 radical (unpaired) electrons. The van der Waals surface area contributed by atoms with E-state index in [-0.39, 0.29) is 11.5 Å². The monoisotopic (exact) mass is 313 g/mol. The summed E-state index contributed by atoms with van der Waals surface area (Å²) in [5.41, 5.74) is -0.0478. The number of anilines is 1. The second kappa shape index (κ2) is 6.44. The van der Waals surface area contributed by atoms with E-state index in [4.69, 9.17) is 10.00 Å². The van der Waals surface area contributed by atoms with Crippen LogP contribution in [0.5, 0.6) is 5.75 Å². The first-order valence-corrected chi connectivity index (χ1v) is 6.89. The zero-order valence-corrected chi connectivity index (χ0v) is 13.1. The fourth-order valence-electron chi connectivity index (χ4n) is 2.08.